The van der Waals surface area contributed by atoms with Crippen LogP contribution in [-0.4, -0.2) is 29.3 Å². The molecule has 5 nitrogen and oxygen atoms in total. The fraction of sp³-hybridized carbons (Fsp3) is 0.429. The SMILES string of the molecule is CCOC(Cn1ncc2ccc(Br)cc2c1=O)OCC. The summed E-state index contributed by atoms with van der Waals surface area (Å²) in [5.41, 5.74) is -0.145. The minimum absolute atomic E-state index is 0.145. The van der Waals surface area contributed by atoms with Gasteiger partial charge in [-0.2, -0.15) is 5.10 Å². The Labute approximate surface area is 125 Å². The van der Waals surface area contributed by atoms with Crippen LogP contribution in [0.15, 0.2) is 33.7 Å². The van der Waals surface area contributed by atoms with Gasteiger partial charge in [-0.1, -0.05) is 22.0 Å². The summed E-state index contributed by atoms with van der Waals surface area (Å²) in [6.07, 6.45) is 1.22. The number of hydrogen-bond donors (Lipinski definition) is 0. The maximum atomic E-state index is 12.4. The van der Waals surface area contributed by atoms with Gasteiger partial charge in [-0.05, 0) is 26.0 Å². The Morgan fingerprint density at radius 1 is 1.30 bits per heavy atom. The number of ether oxygens (including phenoxy) is 2. The van der Waals surface area contributed by atoms with Crippen LogP contribution in [0.25, 0.3) is 10.8 Å². The lowest BCUT2D eigenvalue weighted by atomic mass is 10.2. The number of aromatic nitrogens is 2. The molecule has 0 aliphatic carbocycles. The molecule has 108 valence electrons. The lowest BCUT2D eigenvalue weighted by molar-refractivity contribution is -0.145. The molecule has 1 aromatic heterocycles. The van der Waals surface area contributed by atoms with Crippen molar-refractivity contribution in [2.24, 2.45) is 0 Å². The minimum atomic E-state index is -0.459. The summed E-state index contributed by atoms with van der Waals surface area (Å²) in [6, 6.07) is 5.55. The molecule has 0 amide bonds. The topological polar surface area (TPSA) is 53.4 Å². The predicted octanol–water partition coefficient (Wildman–Crippen LogP) is 2.56. The van der Waals surface area contributed by atoms with Gasteiger partial charge in [-0.3, -0.25) is 4.79 Å². The summed E-state index contributed by atoms with van der Waals surface area (Å²) in [5, 5.41) is 5.61. The van der Waals surface area contributed by atoms with E-state index >= 15 is 0 Å². The van der Waals surface area contributed by atoms with Gasteiger partial charge in [0, 0.05) is 23.1 Å². The second kappa shape index (κ2) is 6.97. The number of halogens is 1. The van der Waals surface area contributed by atoms with Crippen LogP contribution in [0.2, 0.25) is 0 Å². The third-order valence-corrected chi connectivity index (χ3v) is 3.34. The molecule has 2 rings (SSSR count). The Kier molecular flexibility index (Phi) is 5.28. The molecular weight excluding hydrogens is 324 g/mol. The molecule has 0 saturated heterocycles. The van der Waals surface area contributed by atoms with Crippen LogP contribution in [-0.2, 0) is 16.0 Å². The zero-order valence-electron chi connectivity index (χ0n) is 11.5. The molecular formula is C14H17BrN2O3. The van der Waals surface area contributed by atoms with Crippen molar-refractivity contribution in [2.45, 2.75) is 26.7 Å². The molecule has 0 saturated carbocycles. The summed E-state index contributed by atoms with van der Waals surface area (Å²) in [4.78, 5) is 12.4. The van der Waals surface area contributed by atoms with Crippen molar-refractivity contribution in [2.75, 3.05) is 13.2 Å². The second-order valence-electron chi connectivity index (χ2n) is 4.20. The van der Waals surface area contributed by atoms with Crippen LogP contribution in [0.1, 0.15) is 13.8 Å². The van der Waals surface area contributed by atoms with Crippen LogP contribution in [0, 0.1) is 0 Å². The van der Waals surface area contributed by atoms with E-state index in [2.05, 4.69) is 21.0 Å². The lowest BCUT2D eigenvalue weighted by Gasteiger charge is -2.17. The molecule has 0 fully saturated rings. The van der Waals surface area contributed by atoms with E-state index in [9.17, 15) is 4.79 Å². The van der Waals surface area contributed by atoms with Crippen molar-refractivity contribution in [3.8, 4) is 0 Å². The van der Waals surface area contributed by atoms with Gasteiger partial charge < -0.3 is 9.47 Å². The van der Waals surface area contributed by atoms with Gasteiger partial charge in [0.15, 0.2) is 6.29 Å². The molecule has 0 radical (unpaired) electrons. The maximum absolute atomic E-state index is 12.4. The molecule has 0 bridgehead atoms. The van der Waals surface area contributed by atoms with Crippen LogP contribution < -0.4 is 5.56 Å². The third kappa shape index (κ3) is 3.45. The Hall–Kier alpha value is -1.24. The Morgan fingerprint density at radius 3 is 2.65 bits per heavy atom. The highest BCUT2D eigenvalue weighted by molar-refractivity contribution is 9.10. The first-order chi connectivity index (χ1) is 9.65. The zero-order chi connectivity index (χ0) is 14.5. The molecule has 0 atom stereocenters. The Morgan fingerprint density at radius 2 is 2.00 bits per heavy atom. The summed E-state index contributed by atoms with van der Waals surface area (Å²) in [7, 11) is 0. The fourth-order valence-corrected chi connectivity index (χ4v) is 2.31. The summed E-state index contributed by atoms with van der Waals surface area (Å²) < 4.78 is 13.1. The molecule has 2 aromatic rings. The van der Waals surface area contributed by atoms with Crippen molar-refractivity contribution in [3.63, 3.8) is 0 Å². The van der Waals surface area contributed by atoms with Gasteiger partial charge in [0.05, 0.1) is 18.1 Å². The molecule has 0 aliphatic heterocycles. The first kappa shape index (κ1) is 15.2. The average molecular weight is 341 g/mol. The van der Waals surface area contributed by atoms with Gasteiger partial charge in [-0.15, -0.1) is 0 Å². The van der Waals surface area contributed by atoms with E-state index in [4.69, 9.17) is 9.47 Å². The highest BCUT2D eigenvalue weighted by atomic mass is 79.9. The molecule has 0 spiro atoms. The van der Waals surface area contributed by atoms with E-state index in [1.54, 1.807) is 12.3 Å². The molecule has 1 heterocycles. The first-order valence-electron chi connectivity index (χ1n) is 6.54. The minimum Gasteiger partial charge on any atom is -0.351 e. The lowest BCUT2D eigenvalue weighted by Crippen LogP contribution is -2.32. The first-order valence-corrected chi connectivity index (χ1v) is 7.33. The fourth-order valence-electron chi connectivity index (χ4n) is 1.95. The Balaban J connectivity index is 2.34. The van der Waals surface area contributed by atoms with E-state index in [1.165, 1.54) is 4.68 Å². The van der Waals surface area contributed by atoms with E-state index < -0.39 is 6.29 Å². The van der Waals surface area contributed by atoms with Crippen LogP contribution in [0.3, 0.4) is 0 Å². The van der Waals surface area contributed by atoms with Crippen LogP contribution >= 0.6 is 15.9 Å². The van der Waals surface area contributed by atoms with Gasteiger partial charge in [0.2, 0.25) is 0 Å². The highest BCUT2D eigenvalue weighted by Crippen LogP contribution is 2.15. The van der Waals surface area contributed by atoms with Gasteiger partial charge in [-0.25, -0.2) is 4.68 Å². The summed E-state index contributed by atoms with van der Waals surface area (Å²) in [6.45, 7) is 5.11. The summed E-state index contributed by atoms with van der Waals surface area (Å²) >= 11 is 3.37. The normalized spacial score (nSPS) is 11.4. The number of benzene rings is 1. The van der Waals surface area contributed by atoms with Gasteiger partial charge in [0.25, 0.3) is 5.56 Å². The van der Waals surface area contributed by atoms with Crippen molar-refractivity contribution in [1.29, 1.82) is 0 Å². The molecule has 6 heteroatoms. The van der Waals surface area contributed by atoms with Crippen molar-refractivity contribution >= 4 is 26.7 Å². The van der Waals surface area contributed by atoms with E-state index in [0.29, 0.717) is 18.6 Å². The molecule has 0 N–H and O–H groups in total. The zero-order valence-corrected chi connectivity index (χ0v) is 13.1. The van der Waals surface area contributed by atoms with Crippen molar-refractivity contribution in [1.82, 2.24) is 9.78 Å². The molecule has 0 aliphatic rings. The van der Waals surface area contributed by atoms with E-state index in [0.717, 1.165) is 9.86 Å². The van der Waals surface area contributed by atoms with Crippen LogP contribution in [0.5, 0.6) is 0 Å². The number of rotatable bonds is 6. The standard InChI is InChI=1S/C14H17BrN2O3/c1-3-19-13(20-4-2)9-17-14(18)12-7-11(15)6-5-10(12)8-16-17/h5-8,13H,3-4,9H2,1-2H3. The number of hydrogen-bond acceptors (Lipinski definition) is 4. The quantitative estimate of drug-likeness (QED) is 0.758. The van der Waals surface area contributed by atoms with E-state index in [-0.39, 0.29) is 12.1 Å². The molecule has 1 aromatic carbocycles. The Bertz CT molecular complexity index is 636. The number of fused-ring (bicyclic) bond motifs is 1. The number of nitrogens with zero attached hydrogens (tertiary/aromatic N) is 2. The highest BCUT2D eigenvalue weighted by Gasteiger charge is 2.12. The predicted molar refractivity (Wildman–Crippen MR) is 80.7 cm³/mol. The molecule has 0 unspecified atom stereocenters. The van der Waals surface area contributed by atoms with Gasteiger partial charge in [0.1, 0.15) is 0 Å². The smallest absolute Gasteiger partial charge is 0.274 e. The molecule has 20 heavy (non-hydrogen) atoms. The maximum Gasteiger partial charge on any atom is 0.274 e. The monoisotopic (exact) mass is 340 g/mol. The van der Waals surface area contributed by atoms with Crippen LogP contribution in [0.4, 0.5) is 0 Å². The largest absolute Gasteiger partial charge is 0.351 e. The van der Waals surface area contributed by atoms with Crippen molar-refractivity contribution < 1.29 is 9.47 Å². The summed E-state index contributed by atoms with van der Waals surface area (Å²) in [5.74, 6) is 0. The van der Waals surface area contributed by atoms with Gasteiger partial charge >= 0.3 is 0 Å². The van der Waals surface area contributed by atoms with Crippen molar-refractivity contribution in [3.05, 3.63) is 39.2 Å². The van der Waals surface area contributed by atoms with E-state index in [1.807, 2.05) is 26.0 Å². The average Bonchev–Trinajstić information content (AvgIpc) is 2.43. The second-order valence-corrected chi connectivity index (χ2v) is 5.12. The third-order valence-electron chi connectivity index (χ3n) is 2.84.